The minimum Gasteiger partial charge on any atom is -0.338 e. The van der Waals surface area contributed by atoms with E-state index in [0.717, 1.165) is 52.7 Å². The van der Waals surface area contributed by atoms with Crippen LogP contribution in [0.5, 0.6) is 0 Å². The van der Waals surface area contributed by atoms with Gasteiger partial charge < -0.3 is 21.3 Å². The number of urea groups is 2. The zero-order valence-electron chi connectivity index (χ0n) is 27.3. The van der Waals surface area contributed by atoms with E-state index in [-0.39, 0.29) is 28.9 Å². The second-order valence-corrected chi connectivity index (χ2v) is 14.6. The quantitative estimate of drug-likeness (QED) is 0.245. The molecule has 2 aromatic carbocycles. The predicted octanol–water partition coefficient (Wildman–Crippen LogP) is 8.11. The zero-order valence-corrected chi connectivity index (χ0v) is 27.3. The van der Waals surface area contributed by atoms with Crippen molar-refractivity contribution < 1.29 is 9.59 Å². The highest BCUT2D eigenvalue weighted by Gasteiger charge is 2.42. The Morgan fingerprint density at radius 2 is 1.29 bits per heavy atom. The normalized spacial score (nSPS) is 20.3. The van der Waals surface area contributed by atoms with Crippen LogP contribution in [0.2, 0.25) is 0 Å². The molecule has 228 valence electrons. The van der Waals surface area contributed by atoms with E-state index in [1.165, 1.54) is 0 Å². The van der Waals surface area contributed by atoms with Gasteiger partial charge in [0.2, 0.25) is 0 Å². The van der Waals surface area contributed by atoms with Crippen molar-refractivity contribution in [2.45, 2.75) is 98.7 Å². The van der Waals surface area contributed by atoms with Crippen LogP contribution in [-0.2, 0) is 11.1 Å². The van der Waals surface area contributed by atoms with Crippen LogP contribution in [0.3, 0.4) is 0 Å². The molecule has 0 radical (unpaired) electrons. The number of carbonyl (C=O) groups excluding carboxylic acids is 2. The summed E-state index contributed by atoms with van der Waals surface area (Å²) in [4.78, 5) is 26.3. The van der Waals surface area contributed by atoms with E-state index in [1.807, 2.05) is 77.9 Å². The van der Waals surface area contributed by atoms with Crippen LogP contribution in [0.15, 0.2) is 61.7 Å². The van der Waals surface area contributed by atoms with Gasteiger partial charge in [0, 0.05) is 12.6 Å². The van der Waals surface area contributed by atoms with Crippen molar-refractivity contribution in [3.63, 3.8) is 0 Å². The van der Waals surface area contributed by atoms with Gasteiger partial charge in [0.15, 0.2) is 0 Å². The van der Waals surface area contributed by atoms with Gasteiger partial charge in [0.05, 0.1) is 11.1 Å². The van der Waals surface area contributed by atoms with Crippen molar-refractivity contribution in [2.24, 2.45) is 10.8 Å². The van der Waals surface area contributed by atoms with Gasteiger partial charge in [-0.25, -0.2) is 9.59 Å². The van der Waals surface area contributed by atoms with Crippen LogP contribution in [0.4, 0.5) is 9.59 Å². The molecule has 6 heteroatoms. The Labute approximate surface area is 253 Å². The first-order valence-electron chi connectivity index (χ1n) is 15.0. The van der Waals surface area contributed by atoms with Crippen LogP contribution in [0.25, 0.3) is 11.1 Å². The summed E-state index contributed by atoms with van der Waals surface area (Å²) in [5, 5.41) is 12.7. The van der Waals surface area contributed by atoms with Gasteiger partial charge >= 0.3 is 12.1 Å². The number of amides is 4. The summed E-state index contributed by atoms with van der Waals surface area (Å²) in [6.45, 7) is 27.3. The minimum absolute atomic E-state index is 0.0106. The van der Waals surface area contributed by atoms with Crippen molar-refractivity contribution >= 4 is 23.2 Å². The predicted molar refractivity (Wildman–Crippen MR) is 176 cm³/mol. The molecule has 0 unspecified atom stereocenters. The fraction of sp³-hybridized carbons (Fsp3) is 0.500. The third kappa shape index (κ3) is 8.73. The van der Waals surface area contributed by atoms with Crippen molar-refractivity contribution in [1.82, 2.24) is 21.3 Å². The fourth-order valence-electron chi connectivity index (χ4n) is 6.49. The van der Waals surface area contributed by atoms with Crippen molar-refractivity contribution in [3.05, 3.63) is 83.9 Å². The molecule has 1 aliphatic rings. The molecule has 1 saturated carbocycles. The lowest BCUT2D eigenvalue weighted by Gasteiger charge is -2.47. The van der Waals surface area contributed by atoms with Crippen molar-refractivity contribution in [2.75, 3.05) is 6.54 Å². The van der Waals surface area contributed by atoms with E-state index < -0.39 is 11.1 Å². The molecule has 2 aromatic rings. The highest BCUT2D eigenvalue weighted by atomic mass is 16.2. The van der Waals surface area contributed by atoms with Crippen molar-refractivity contribution in [1.29, 1.82) is 0 Å². The Kier molecular flexibility index (Phi) is 9.71. The first-order chi connectivity index (χ1) is 19.3. The molecule has 3 rings (SSSR count). The summed E-state index contributed by atoms with van der Waals surface area (Å²) in [7, 11) is 0. The average Bonchev–Trinajstić information content (AvgIpc) is 2.86. The van der Waals surface area contributed by atoms with E-state index in [1.54, 1.807) is 0 Å². The third-order valence-electron chi connectivity index (χ3n) is 8.46. The number of hydrogen-bond donors (Lipinski definition) is 4. The van der Waals surface area contributed by atoms with Gasteiger partial charge in [-0.2, -0.15) is 0 Å². The Morgan fingerprint density at radius 1 is 0.810 bits per heavy atom. The zero-order chi connectivity index (χ0) is 31.5. The standard InChI is InChI=1S/C36H52N4O2/c1-24(2)26-14-12-16-28(18-26)34(7,8)39-31(41)37-23-36(11)21-30(20-33(5,6)22-36)38-32(42)40-35(9,10)29-17-13-15-27(19-29)25(3)4/h12-19,30H,1,3,20-23H2,2,4-11H3,(H2,37,39,41)(H2,38,40,42)/t30-,36+/m1/s1. The highest BCUT2D eigenvalue weighted by molar-refractivity contribution is 5.76. The Morgan fingerprint density at radius 3 is 1.76 bits per heavy atom. The topological polar surface area (TPSA) is 82.3 Å². The molecule has 4 N–H and O–H groups in total. The SMILES string of the molecule is C=C(C)c1cccc(C(C)(C)NC(=O)NC[C@@]2(C)C[C@H](NC(=O)NC(C)(C)c3cccc(C(=C)C)c3)CC(C)(C)C2)c1. The summed E-state index contributed by atoms with van der Waals surface area (Å²) < 4.78 is 0. The molecule has 0 saturated heterocycles. The third-order valence-corrected chi connectivity index (χ3v) is 8.46. The molecule has 0 heterocycles. The van der Waals surface area contributed by atoms with Crippen LogP contribution in [0, 0.1) is 10.8 Å². The van der Waals surface area contributed by atoms with Crippen LogP contribution >= 0.6 is 0 Å². The van der Waals surface area contributed by atoms with Crippen molar-refractivity contribution in [3.8, 4) is 0 Å². The molecule has 1 fully saturated rings. The molecule has 0 aromatic heterocycles. The van der Waals surface area contributed by atoms with Crippen LogP contribution in [0.1, 0.15) is 104 Å². The molecule has 6 nitrogen and oxygen atoms in total. The smallest absolute Gasteiger partial charge is 0.315 e. The summed E-state index contributed by atoms with van der Waals surface area (Å²) in [6.07, 6.45) is 2.60. The van der Waals surface area contributed by atoms with Gasteiger partial charge in [-0.1, -0.05) is 81.5 Å². The number of allylic oxidation sites excluding steroid dienone is 2. The van der Waals surface area contributed by atoms with E-state index in [9.17, 15) is 9.59 Å². The number of rotatable bonds is 9. The summed E-state index contributed by atoms with van der Waals surface area (Å²) in [6, 6.07) is 15.9. The molecule has 42 heavy (non-hydrogen) atoms. The lowest BCUT2D eigenvalue weighted by Crippen LogP contribution is -2.55. The minimum atomic E-state index is -0.556. The first kappa shape index (κ1) is 33.0. The lowest BCUT2D eigenvalue weighted by molar-refractivity contribution is 0.0742. The van der Waals surface area contributed by atoms with Crippen LogP contribution < -0.4 is 21.3 Å². The van der Waals surface area contributed by atoms with Crippen LogP contribution in [-0.4, -0.2) is 24.6 Å². The van der Waals surface area contributed by atoms with Gasteiger partial charge in [-0.15, -0.1) is 0 Å². The summed E-state index contributed by atoms with van der Waals surface area (Å²) >= 11 is 0. The Balaban J connectivity index is 1.62. The number of benzene rings is 2. The maximum atomic E-state index is 13.2. The van der Waals surface area contributed by atoms with E-state index in [0.29, 0.717) is 6.54 Å². The molecular weight excluding hydrogens is 520 g/mol. The van der Waals surface area contributed by atoms with E-state index in [4.69, 9.17) is 0 Å². The Bertz CT molecular complexity index is 1340. The second-order valence-electron chi connectivity index (χ2n) is 14.6. The van der Waals surface area contributed by atoms with Gasteiger partial charge in [-0.3, -0.25) is 0 Å². The largest absolute Gasteiger partial charge is 0.338 e. The number of nitrogens with one attached hydrogen (secondary N) is 4. The summed E-state index contributed by atoms with van der Waals surface area (Å²) in [5.41, 5.74) is 4.87. The highest BCUT2D eigenvalue weighted by Crippen LogP contribution is 2.45. The molecular formula is C36H52N4O2. The van der Waals surface area contributed by atoms with E-state index >= 15 is 0 Å². The summed E-state index contributed by atoms with van der Waals surface area (Å²) in [5.74, 6) is 0. The van der Waals surface area contributed by atoms with Gasteiger partial charge in [0.25, 0.3) is 0 Å². The molecule has 0 aliphatic heterocycles. The first-order valence-corrected chi connectivity index (χ1v) is 15.0. The molecule has 2 atom stereocenters. The van der Waals surface area contributed by atoms with Gasteiger partial charge in [-0.05, 0) is 106 Å². The fourth-order valence-corrected chi connectivity index (χ4v) is 6.49. The monoisotopic (exact) mass is 572 g/mol. The lowest BCUT2D eigenvalue weighted by atomic mass is 9.62. The maximum Gasteiger partial charge on any atom is 0.315 e. The molecule has 1 aliphatic carbocycles. The Hall–Kier alpha value is -3.54. The van der Waals surface area contributed by atoms with Gasteiger partial charge in [0.1, 0.15) is 0 Å². The number of carbonyl (C=O) groups is 2. The van der Waals surface area contributed by atoms with E-state index in [2.05, 4.69) is 67.3 Å². The maximum absolute atomic E-state index is 13.2. The second kappa shape index (κ2) is 12.4. The molecule has 0 spiro atoms. The number of hydrogen-bond acceptors (Lipinski definition) is 2. The average molecular weight is 573 g/mol. The molecule has 0 bridgehead atoms. The molecule has 4 amide bonds.